The Hall–Kier alpha value is -1.82. The fourth-order valence-corrected chi connectivity index (χ4v) is 1.95. The predicted molar refractivity (Wildman–Crippen MR) is 69.0 cm³/mol. The molecule has 1 atom stereocenters. The van der Waals surface area contributed by atoms with Crippen LogP contribution >= 0.6 is 0 Å². The van der Waals surface area contributed by atoms with E-state index in [2.05, 4.69) is 5.32 Å². The summed E-state index contributed by atoms with van der Waals surface area (Å²) in [5.41, 5.74) is 0.405. The van der Waals surface area contributed by atoms with Crippen molar-refractivity contribution < 1.29 is 18.7 Å². The zero-order valence-corrected chi connectivity index (χ0v) is 11.0. The third kappa shape index (κ3) is 3.35. The van der Waals surface area contributed by atoms with Crippen molar-refractivity contribution in [1.29, 1.82) is 0 Å². The Labute approximate surface area is 111 Å². The molecule has 0 bridgehead atoms. The highest BCUT2D eigenvalue weighted by Crippen LogP contribution is 2.21. The fourth-order valence-electron chi connectivity index (χ4n) is 1.95. The molecule has 0 unspecified atom stereocenters. The van der Waals surface area contributed by atoms with Gasteiger partial charge in [0.2, 0.25) is 0 Å². The summed E-state index contributed by atoms with van der Waals surface area (Å²) in [4.78, 5) is 13.6. The molecule has 1 aliphatic heterocycles. The van der Waals surface area contributed by atoms with Gasteiger partial charge in [0.1, 0.15) is 0 Å². The van der Waals surface area contributed by atoms with Crippen LogP contribution in [0.1, 0.15) is 6.92 Å². The van der Waals surface area contributed by atoms with Gasteiger partial charge < -0.3 is 19.7 Å². The summed E-state index contributed by atoms with van der Waals surface area (Å²) in [7, 11) is 1.39. The van der Waals surface area contributed by atoms with E-state index in [9.17, 15) is 9.18 Å². The maximum atomic E-state index is 13.5. The number of carbonyl (C=O) groups excluding carboxylic acids is 1. The van der Waals surface area contributed by atoms with Crippen LogP contribution in [0.25, 0.3) is 0 Å². The topological polar surface area (TPSA) is 50.8 Å². The Morgan fingerprint density at radius 2 is 2.37 bits per heavy atom. The van der Waals surface area contributed by atoms with Gasteiger partial charge in [0, 0.05) is 24.8 Å². The molecule has 104 valence electrons. The normalized spacial score (nSPS) is 19.1. The summed E-state index contributed by atoms with van der Waals surface area (Å²) in [6.45, 7) is 3.50. The lowest BCUT2D eigenvalue weighted by Crippen LogP contribution is -2.46. The van der Waals surface area contributed by atoms with Gasteiger partial charge in [-0.05, 0) is 19.1 Å². The van der Waals surface area contributed by atoms with E-state index in [0.29, 0.717) is 25.4 Å². The number of methoxy groups -OCH3 is 1. The van der Waals surface area contributed by atoms with Crippen molar-refractivity contribution in [3.63, 3.8) is 0 Å². The Bertz CT molecular complexity index is 467. The molecule has 0 spiro atoms. The Balaban J connectivity index is 2.00. The van der Waals surface area contributed by atoms with E-state index < -0.39 is 5.82 Å². The monoisotopic (exact) mass is 268 g/mol. The fraction of sp³-hybridized carbons (Fsp3) is 0.462. The molecule has 1 fully saturated rings. The zero-order valence-electron chi connectivity index (χ0n) is 11.0. The van der Waals surface area contributed by atoms with Gasteiger partial charge in [-0.25, -0.2) is 9.18 Å². The van der Waals surface area contributed by atoms with Crippen molar-refractivity contribution in [2.75, 3.05) is 32.1 Å². The summed E-state index contributed by atoms with van der Waals surface area (Å²) in [5.74, 6) is -0.353. The summed E-state index contributed by atoms with van der Waals surface area (Å²) in [6.07, 6.45) is 0.0205. The van der Waals surface area contributed by atoms with Gasteiger partial charge in [0.05, 0.1) is 19.8 Å². The van der Waals surface area contributed by atoms with E-state index in [1.807, 2.05) is 6.92 Å². The number of hydrogen-bond acceptors (Lipinski definition) is 3. The smallest absolute Gasteiger partial charge is 0.322 e. The van der Waals surface area contributed by atoms with Crippen LogP contribution in [0.4, 0.5) is 14.9 Å². The van der Waals surface area contributed by atoms with Crippen LogP contribution in [0.3, 0.4) is 0 Å². The quantitative estimate of drug-likeness (QED) is 0.893. The first-order valence-electron chi connectivity index (χ1n) is 6.11. The number of urea groups is 1. The molecule has 1 N–H and O–H groups in total. The SMILES string of the molecule is COc1ccc(NC(=O)N2CCO[C@H](C)C2)cc1F. The second kappa shape index (κ2) is 5.88. The van der Waals surface area contributed by atoms with Crippen molar-refractivity contribution >= 4 is 11.7 Å². The van der Waals surface area contributed by atoms with Gasteiger partial charge in [-0.3, -0.25) is 0 Å². The number of hydrogen-bond donors (Lipinski definition) is 1. The summed E-state index contributed by atoms with van der Waals surface area (Å²) >= 11 is 0. The Kier molecular flexibility index (Phi) is 4.21. The van der Waals surface area contributed by atoms with Gasteiger partial charge in [-0.15, -0.1) is 0 Å². The summed E-state index contributed by atoms with van der Waals surface area (Å²) < 4.78 is 23.7. The predicted octanol–water partition coefficient (Wildman–Crippen LogP) is 2.09. The van der Waals surface area contributed by atoms with Gasteiger partial charge in [0.25, 0.3) is 0 Å². The highest BCUT2D eigenvalue weighted by molar-refractivity contribution is 5.89. The number of nitrogens with one attached hydrogen (secondary N) is 1. The lowest BCUT2D eigenvalue weighted by molar-refractivity contribution is -0.00138. The molecule has 0 aromatic heterocycles. The summed E-state index contributed by atoms with van der Waals surface area (Å²) in [5, 5.41) is 2.66. The van der Waals surface area contributed by atoms with Crippen molar-refractivity contribution in [1.82, 2.24) is 4.90 Å². The molecule has 1 aliphatic rings. The maximum absolute atomic E-state index is 13.5. The maximum Gasteiger partial charge on any atom is 0.322 e. The zero-order chi connectivity index (χ0) is 13.8. The van der Waals surface area contributed by atoms with Crippen LogP contribution in [0.15, 0.2) is 18.2 Å². The molecule has 1 heterocycles. The van der Waals surface area contributed by atoms with E-state index in [1.54, 1.807) is 11.0 Å². The molecule has 0 aliphatic carbocycles. The average Bonchev–Trinajstić information content (AvgIpc) is 2.39. The van der Waals surface area contributed by atoms with E-state index in [-0.39, 0.29) is 17.9 Å². The largest absolute Gasteiger partial charge is 0.494 e. The molecule has 19 heavy (non-hydrogen) atoms. The molecule has 1 aromatic carbocycles. The van der Waals surface area contributed by atoms with Gasteiger partial charge >= 0.3 is 6.03 Å². The molecule has 5 nitrogen and oxygen atoms in total. The molecular weight excluding hydrogens is 251 g/mol. The Morgan fingerprint density at radius 1 is 1.58 bits per heavy atom. The number of ether oxygens (including phenoxy) is 2. The lowest BCUT2D eigenvalue weighted by Gasteiger charge is -2.31. The Morgan fingerprint density at radius 3 is 3.00 bits per heavy atom. The number of nitrogens with zero attached hydrogens (tertiary/aromatic N) is 1. The standard InChI is InChI=1S/C13H17FN2O3/c1-9-8-16(5-6-19-9)13(17)15-10-3-4-12(18-2)11(14)7-10/h3-4,7,9H,5-6,8H2,1-2H3,(H,15,17)/t9-/m1/s1. The van der Waals surface area contributed by atoms with Crippen LogP contribution in [-0.2, 0) is 4.74 Å². The van der Waals surface area contributed by atoms with Gasteiger partial charge in [0.15, 0.2) is 11.6 Å². The first kappa shape index (κ1) is 13.6. The van der Waals surface area contributed by atoms with Gasteiger partial charge in [-0.1, -0.05) is 0 Å². The van der Waals surface area contributed by atoms with Crippen LogP contribution in [0, 0.1) is 5.82 Å². The number of morpholine rings is 1. The van der Waals surface area contributed by atoms with Crippen molar-refractivity contribution in [3.05, 3.63) is 24.0 Å². The minimum absolute atomic E-state index is 0.0205. The average molecular weight is 268 g/mol. The first-order valence-corrected chi connectivity index (χ1v) is 6.11. The number of carbonyl (C=O) groups is 1. The van der Waals surface area contributed by atoms with Crippen molar-refractivity contribution in [2.45, 2.75) is 13.0 Å². The minimum atomic E-state index is -0.504. The van der Waals surface area contributed by atoms with E-state index in [4.69, 9.17) is 9.47 Å². The number of halogens is 1. The second-order valence-electron chi connectivity index (χ2n) is 4.41. The third-order valence-corrected chi connectivity index (χ3v) is 2.93. The molecule has 6 heteroatoms. The van der Waals surface area contributed by atoms with Crippen LogP contribution in [0.2, 0.25) is 0 Å². The number of amides is 2. The second-order valence-corrected chi connectivity index (χ2v) is 4.41. The molecule has 1 aromatic rings. The van der Waals surface area contributed by atoms with E-state index in [0.717, 1.165) is 0 Å². The summed E-state index contributed by atoms with van der Waals surface area (Å²) in [6, 6.07) is 4.07. The molecule has 0 saturated carbocycles. The first-order chi connectivity index (χ1) is 9.10. The highest BCUT2D eigenvalue weighted by atomic mass is 19.1. The number of benzene rings is 1. The van der Waals surface area contributed by atoms with Crippen molar-refractivity contribution in [3.8, 4) is 5.75 Å². The van der Waals surface area contributed by atoms with E-state index in [1.165, 1.54) is 19.2 Å². The lowest BCUT2D eigenvalue weighted by atomic mass is 10.3. The van der Waals surface area contributed by atoms with E-state index >= 15 is 0 Å². The molecule has 0 radical (unpaired) electrons. The third-order valence-electron chi connectivity index (χ3n) is 2.93. The highest BCUT2D eigenvalue weighted by Gasteiger charge is 2.21. The van der Waals surface area contributed by atoms with Crippen LogP contribution in [-0.4, -0.2) is 43.8 Å². The molecular formula is C13H17FN2O3. The molecule has 2 amide bonds. The van der Waals surface area contributed by atoms with Crippen LogP contribution in [0.5, 0.6) is 5.75 Å². The van der Waals surface area contributed by atoms with Crippen molar-refractivity contribution in [2.24, 2.45) is 0 Å². The number of rotatable bonds is 2. The minimum Gasteiger partial charge on any atom is -0.494 e. The van der Waals surface area contributed by atoms with Crippen LogP contribution < -0.4 is 10.1 Å². The molecule has 1 saturated heterocycles. The van der Waals surface area contributed by atoms with Gasteiger partial charge in [-0.2, -0.15) is 0 Å². The number of anilines is 1. The molecule has 2 rings (SSSR count).